The number of likely N-dealkylation sites (N-methyl/N-ethyl adjacent to an activating group) is 1. The van der Waals surface area contributed by atoms with Gasteiger partial charge in [0.2, 0.25) is 5.60 Å². The van der Waals surface area contributed by atoms with Gasteiger partial charge in [-0.3, -0.25) is 14.3 Å². The summed E-state index contributed by atoms with van der Waals surface area (Å²) in [6.07, 6.45) is 2.16. The second kappa shape index (κ2) is 8.72. The molecular weight excluding hydrogens is 460 g/mol. The fourth-order valence-electron chi connectivity index (χ4n) is 4.45. The molecule has 1 aromatic carbocycles. The first-order valence-corrected chi connectivity index (χ1v) is 11.6. The lowest BCUT2D eigenvalue weighted by Gasteiger charge is -2.16. The van der Waals surface area contributed by atoms with Crippen molar-refractivity contribution >= 4 is 11.8 Å². The van der Waals surface area contributed by atoms with E-state index < -0.39 is 17.4 Å². The minimum absolute atomic E-state index is 0.108. The predicted molar refractivity (Wildman–Crippen MR) is 131 cm³/mol. The maximum Gasteiger partial charge on any atom is 0.267 e. The highest BCUT2D eigenvalue weighted by Crippen LogP contribution is 2.35. The summed E-state index contributed by atoms with van der Waals surface area (Å²) in [6.45, 7) is 5.07. The number of hydrogen-bond acceptors (Lipinski definition) is 7. The van der Waals surface area contributed by atoms with E-state index in [2.05, 4.69) is 15.2 Å². The summed E-state index contributed by atoms with van der Waals surface area (Å²) in [6, 6.07) is 12.5. The molecule has 1 aliphatic heterocycles. The second-order valence-electron chi connectivity index (χ2n) is 8.97. The summed E-state index contributed by atoms with van der Waals surface area (Å²) < 4.78 is 7.22. The molecular formula is C26H26N6O4. The van der Waals surface area contributed by atoms with Crippen molar-refractivity contribution in [3.63, 3.8) is 0 Å². The number of aliphatic hydroxyl groups is 1. The zero-order chi connectivity index (χ0) is 25.6. The lowest BCUT2D eigenvalue weighted by molar-refractivity contribution is -0.144. The van der Waals surface area contributed by atoms with Crippen molar-refractivity contribution in [3.05, 3.63) is 65.8 Å². The molecule has 3 aromatic heterocycles. The summed E-state index contributed by atoms with van der Waals surface area (Å²) >= 11 is 0. The Bertz CT molecular complexity index is 1490. The molecule has 1 fully saturated rings. The molecule has 36 heavy (non-hydrogen) atoms. The maximum atomic E-state index is 12.4. The molecule has 10 heteroatoms. The van der Waals surface area contributed by atoms with Gasteiger partial charge in [-0.1, -0.05) is 23.4 Å². The van der Waals surface area contributed by atoms with E-state index in [1.807, 2.05) is 55.1 Å². The Hall–Kier alpha value is -4.31. The lowest BCUT2D eigenvalue weighted by Crippen LogP contribution is -2.35. The van der Waals surface area contributed by atoms with E-state index >= 15 is 0 Å². The molecule has 2 amide bonds. The van der Waals surface area contributed by atoms with Crippen LogP contribution in [0.25, 0.3) is 33.6 Å². The van der Waals surface area contributed by atoms with Gasteiger partial charge in [0.05, 0.1) is 11.4 Å². The van der Waals surface area contributed by atoms with Crippen LogP contribution in [0.3, 0.4) is 0 Å². The number of aryl methyl sites for hydroxylation is 2. The molecule has 184 valence electrons. The number of primary amides is 1. The number of carbonyl (C=O) groups is 2. The van der Waals surface area contributed by atoms with Gasteiger partial charge in [0, 0.05) is 55.5 Å². The third kappa shape index (κ3) is 3.95. The number of aromatic nitrogens is 4. The normalized spacial score (nSPS) is 17.7. The Labute approximate surface area is 207 Å². The monoisotopic (exact) mass is 486 g/mol. The Morgan fingerprint density at radius 2 is 1.92 bits per heavy atom. The first-order valence-electron chi connectivity index (χ1n) is 11.6. The number of amides is 2. The topological polar surface area (TPSA) is 140 Å². The van der Waals surface area contributed by atoms with Crippen LogP contribution in [0.1, 0.15) is 35.3 Å². The van der Waals surface area contributed by atoms with E-state index in [-0.39, 0.29) is 17.9 Å². The van der Waals surface area contributed by atoms with Gasteiger partial charge < -0.3 is 20.3 Å². The van der Waals surface area contributed by atoms with Crippen molar-refractivity contribution in [2.45, 2.75) is 32.4 Å². The molecule has 4 aromatic rings. The summed E-state index contributed by atoms with van der Waals surface area (Å²) in [5, 5.41) is 19.5. The minimum Gasteiger partial charge on any atom is -0.373 e. The molecule has 5 rings (SSSR count). The first kappa shape index (κ1) is 23.4. The van der Waals surface area contributed by atoms with Gasteiger partial charge >= 0.3 is 0 Å². The standard InChI is InChI=1S/C26H26N6O4/c1-4-32-14-19(15(2)29-32)18-11-20(28-22(12-18)24(27)33)16-6-5-7-17(10-16)21-13-23(36-30-21)26(35)8-9-31(3)25(26)34/h5-7,10-14,35H,4,8-9H2,1-3H3,(H2,27,33). The van der Waals surface area contributed by atoms with Crippen molar-refractivity contribution in [1.29, 1.82) is 0 Å². The van der Waals surface area contributed by atoms with Gasteiger partial charge in [-0.25, -0.2) is 4.98 Å². The van der Waals surface area contributed by atoms with Crippen LogP contribution in [-0.2, 0) is 16.9 Å². The summed E-state index contributed by atoms with van der Waals surface area (Å²) in [5.74, 6) is -0.937. The predicted octanol–water partition coefficient (Wildman–Crippen LogP) is 2.74. The number of benzene rings is 1. The van der Waals surface area contributed by atoms with Crippen molar-refractivity contribution in [3.8, 4) is 33.6 Å². The summed E-state index contributed by atoms with van der Waals surface area (Å²) in [5.41, 5.74) is 8.98. The fraction of sp³-hybridized carbons (Fsp3) is 0.269. The molecule has 1 saturated heterocycles. The van der Waals surface area contributed by atoms with Gasteiger partial charge in [-0.05, 0) is 37.6 Å². The van der Waals surface area contributed by atoms with Crippen LogP contribution in [0.15, 0.2) is 53.2 Å². The Morgan fingerprint density at radius 1 is 1.17 bits per heavy atom. The number of likely N-dealkylation sites (tertiary alicyclic amines) is 1. The maximum absolute atomic E-state index is 12.4. The highest BCUT2D eigenvalue weighted by molar-refractivity contribution is 5.93. The van der Waals surface area contributed by atoms with Crippen LogP contribution in [-0.4, -0.2) is 55.3 Å². The Balaban J connectivity index is 1.54. The molecule has 4 heterocycles. The molecule has 0 spiro atoms. The van der Waals surface area contributed by atoms with Crippen LogP contribution in [0.2, 0.25) is 0 Å². The van der Waals surface area contributed by atoms with E-state index in [0.717, 1.165) is 28.9 Å². The van der Waals surface area contributed by atoms with Gasteiger partial charge in [0.15, 0.2) is 5.76 Å². The van der Waals surface area contributed by atoms with Crippen molar-refractivity contribution < 1.29 is 19.2 Å². The third-order valence-electron chi connectivity index (χ3n) is 6.54. The third-order valence-corrected chi connectivity index (χ3v) is 6.54. The molecule has 0 radical (unpaired) electrons. The zero-order valence-electron chi connectivity index (χ0n) is 20.2. The average Bonchev–Trinajstić information content (AvgIpc) is 3.59. The number of hydrogen-bond donors (Lipinski definition) is 2. The van der Waals surface area contributed by atoms with Crippen LogP contribution < -0.4 is 5.73 Å². The van der Waals surface area contributed by atoms with E-state index in [1.54, 1.807) is 19.2 Å². The zero-order valence-corrected chi connectivity index (χ0v) is 20.2. The first-order chi connectivity index (χ1) is 17.2. The van der Waals surface area contributed by atoms with Crippen LogP contribution in [0, 0.1) is 6.92 Å². The van der Waals surface area contributed by atoms with Gasteiger partial charge in [0.25, 0.3) is 11.8 Å². The quantitative estimate of drug-likeness (QED) is 0.427. The molecule has 1 unspecified atom stereocenters. The Morgan fingerprint density at radius 3 is 2.56 bits per heavy atom. The van der Waals surface area contributed by atoms with E-state index in [4.69, 9.17) is 10.3 Å². The molecule has 0 bridgehead atoms. The van der Waals surface area contributed by atoms with E-state index in [0.29, 0.717) is 23.5 Å². The molecule has 1 aliphatic rings. The highest BCUT2D eigenvalue weighted by Gasteiger charge is 2.48. The second-order valence-corrected chi connectivity index (χ2v) is 8.97. The number of pyridine rings is 1. The minimum atomic E-state index is -1.72. The molecule has 10 nitrogen and oxygen atoms in total. The number of carbonyl (C=O) groups excluding carboxylic acids is 2. The van der Waals surface area contributed by atoms with Gasteiger partial charge in [-0.2, -0.15) is 5.10 Å². The molecule has 1 atom stereocenters. The highest BCUT2D eigenvalue weighted by atomic mass is 16.5. The summed E-state index contributed by atoms with van der Waals surface area (Å²) in [7, 11) is 1.64. The smallest absolute Gasteiger partial charge is 0.267 e. The molecule has 0 saturated carbocycles. The number of nitrogens with zero attached hydrogens (tertiary/aromatic N) is 5. The van der Waals surface area contributed by atoms with Crippen molar-refractivity contribution in [2.24, 2.45) is 5.73 Å². The van der Waals surface area contributed by atoms with Crippen LogP contribution >= 0.6 is 0 Å². The average molecular weight is 487 g/mol. The van der Waals surface area contributed by atoms with Crippen LogP contribution in [0.4, 0.5) is 0 Å². The van der Waals surface area contributed by atoms with Crippen molar-refractivity contribution in [2.75, 3.05) is 13.6 Å². The van der Waals surface area contributed by atoms with Crippen molar-refractivity contribution in [1.82, 2.24) is 24.8 Å². The number of nitrogens with two attached hydrogens (primary N) is 1. The molecule has 3 N–H and O–H groups in total. The summed E-state index contributed by atoms with van der Waals surface area (Å²) in [4.78, 5) is 30.4. The fourth-order valence-corrected chi connectivity index (χ4v) is 4.45. The molecule has 0 aliphatic carbocycles. The van der Waals surface area contributed by atoms with Gasteiger partial charge in [-0.15, -0.1) is 0 Å². The number of rotatable bonds is 6. The van der Waals surface area contributed by atoms with E-state index in [1.165, 1.54) is 4.90 Å². The lowest BCUT2D eigenvalue weighted by atomic mass is 9.97. The SMILES string of the molecule is CCn1cc(-c2cc(C(N)=O)nc(-c3cccc(-c4cc(C5(O)CCN(C)C5=O)on4)c3)c2)c(C)n1. The van der Waals surface area contributed by atoms with Crippen LogP contribution in [0.5, 0.6) is 0 Å². The van der Waals surface area contributed by atoms with E-state index in [9.17, 15) is 14.7 Å². The Kier molecular flexibility index (Phi) is 5.68. The van der Waals surface area contributed by atoms with Gasteiger partial charge in [0.1, 0.15) is 11.4 Å². The largest absolute Gasteiger partial charge is 0.373 e.